The number of hydrogen-bond donors (Lipinski definition) is 1. The molecule has 1 N–H and O–H groups in total. The third-order valence-electron chi connectivity index (χ3n) is 3.27. The molecule has 0 spiro atoms. The van der Waals surface area contributed by atoms with Crippen molar-refractivity contribution in [1.29, 1.82) is 0 Å². The molecule has 1 aromatic carbocycles. The maximum Gasteiger partial charge on any atom is 0.323 e. The number of rotatable bonds is 7. The lowest BCUT2D eigenvalue weighted by Gasteiger charge is -2.24. The van der Waals surface area contributed by atoms with Crippen LogP contribution >= 0.6 is 0 Å². The van der Waals surface area contributed by atoms with Gasteiger partial charge in [-0.25, -0.2) is 0 Å². The Labute approximate surface area is 119 Å². The lowest BCUT2D eigenvalue weighted by Crippen LogP contribution is -2.43. The first kappa shape index (κ1) is 15.0. The zero-order valence-corrected chi connectivity index (χ0v) is 11.8. The van der Waals surface area contributed by atoms with E-state index in [0.29, 0.717) is 32.8 Å². The van der Waals surface area contributed by atoms with E-state index in [0.717, 1.165) is 0 Å². The van der Waals surface area contributed by atoms with Crippen LogP contribution in [0.5, 0.6) is 0 Å². The van der Waals surface area contributed by atoms with Gasteiger partial charge in [0.2, 0.25) is 0 Å². The van der Waals surface area contributed by atoms with Crippen LogP contribution < -0.4 is 5.32 Å². The summed E-state index contributed by atoms with van der Waals surface area (Å²) >= 11 is 0. The minimum Gasteiger partial charge on any atom is -0.462 e. The van der Waals surface area contributed by atoms with Gasteiger partial charge in [-0.2, -0.15) is 0 Å². The van der Waals surface area contributed by atoms with Crippen molar-refractivity contribution in [1.82, 2.24) is 5.32 Å². The Morgan fingerprint density at radius 2 is 1.95 bits per heavy atom. The molecule has 5 heteroatoms. The maximum absolute atomic E-state index is 11.9. The number of nitrogens with one attached hydrogen (secondary N) is 1. The summed E-state index contributed by atoms with van der Waals surface area (Å²) in [7, 11) is 1.62. The maximum atomic E-state index is 11.9. The summed E-state index contributed by atoms with van der Waals surface area (Å²) in [6, 6.07) is 7.88. The molecule has 1 aromatic rings. The number of carbonyl (C=O) groups is 1. The zero-order chi connectivity index (χ0) is 14.2. The van der Waals surface area contributed by atoms with E-state index in [2.05, 4.69) is 17.4 Å². The predicted octanol–water partition coefficient (Wildman–Crippen LogP) is 0.907. The molecule has 1 heterocycles. The van der Waals surface area contributed by atoms with Crippen LogP contribution in [0, 0.1) is 0 Å². The first-order chi connectivity index (χ1) is 9.81. The van der Waals surface area contributed by atoms with E-state index in [9.17, 15) is 4.79 Å². The van der Waals surface area contributed by atoms with Crippen LogP contribution in [0.15, 0.2) is 24.3 Å². The van der Waals surface area contributed by atoms with Crippen molar-refractivity contribution in [2.24, 2.45) is 0 Å². The molecule has 0 aliphatic carbocycles. The van der Waals surface area contributed by atoms with Crippen LogP contribution in [-0.4, -0.2) is 45.5 Å². The molecule has 5 nitrogen and oxygen atoms in total. The predicted molar refractivity (Wildman–Crippen MR) is 74.4 cm³/mol. The SMILES string of the molecule is COCCOCCOC(=O)C1Cc2ccccc2CN1. The van der Waals surface area contributed by atoms with E-state index in [-0.39, 0.29) is 18.6 Å². The van der Waals surface area contributed by atoms with Gasteiger partial charge < -0.3 is 19.5 Å². The average molecular weight is 279 g/mol. The molecule has 0 fully saturated rings. The van der Waals surface area contributed by atoms with E-state index >= 15 is 0 Å². The molecule has 0 amide bonds. The van der Waals surface area contributed by atoms with Crippen LogP contribution in [0.2, 0.25) is 0 Å². The molecular weight excluding hydrogens is 258 g/mol. The van der Waals surface area contributed by atoms with Gasteiger partial charge in [0.1, 0.15) is 12.6 Å². The molecule has 20 heavy (non-hydrogen) atoms. The van der Waals surface area contributed by atoms with Gasteiger partial charge in [-0.3, -0.25) is 4.79 Å². The quantitative estimate of drug-likeness (QED) is 0.594. The van der Waals surface area contributed by atoms with Crippen molar-refractivity contribution in [2.45, 2.75) is 19.0 Å². The molecule has 1 unspecified atom stereocenters. The molecule has 110 valence electrons. The first-order valence-corrected chi connectivity index (χ1v) is 6.84. The lowest BCUT2D eigenvalue weighted by atomic mass is 9.96. The molecular formula is C15H21NO4. The van der Waals surface area contributed by atoms with Crippen molar-refractivity contribution in [3.05, 3.63) is 35.4 Å². The van der Waals surface area contributed by atoms with E-state index in [1.165, 1.54) is 11.1 Å². The highest BCUT2D eigenvalue weighted by atomic mass is 16.6. The molecule has 0 radical (unpaired) electrons. The topological polar surface area (TPSA) is 56.8 Å². The number of esters is 1. The third-order valence-corrected chi connectivity index (χ3v) is 3.27. The summed E-state index contributed by atoms with van der Waals surface area (Å²) in [5, 5.41) is 3.20. The minimum absolute atomic E-state index is 0.213. The Bertz CT molecular complexity index is 436. The Balaban J connectivity index is 1.69. The molecule has 1 aliphatic heterocycles. The van der Waals surface area contributed by atoms with E-state index < -0.39 is 0 Å². The van der Waals surface area contributed by atoms with Crippen LogP contribution in [0.4, 0.5) is 0 Å². The fourth-order valence-electron chi connectivity index (χ4n) is 2.17. The lowest BCUT2D eigenvalue weighted by molar-refractivity contribution is -0.148. The number of methoxy groups -OCH3 is 1. The summed E-state index contributed by atoms with van der Waals surface area (Å²) in [6.45, 7) is 2.46. The van der Waals surface area contributed by atoms with E-state index in [4.69, 9.17) is 14.2 Å². The summed E-state index contributed by atoms with van der Waals surface area (Å²) in [5.41, 5.74) is 2.46. The summed E-state index contributed by atoms with van der Waals surface area (Å²) in [5.74, 6) is -0.213. The normalized spacial score (nSPS) is 17.6. The van der Waals surface area contributed by atoms with Crippen LogP contribution in [0.1, 0.15) is 11.1 Å². The van der Waals surface area contributed by atoms with Crippen molar-refractivity contribution in [3.63, 3.8) is 0 Å². The summed E-state index contributed by atoms with van der Waals surface area (Å²) in [6.07, 6.45) is 0.680. The number of carbonyl (C=O) groups excluding carboxylic acids is 1. The van der Waals surface area contributed by atoms with E-state index in [1.807, 2.05) is 12.1 Å². The Morgan fingerprint density at radius 3 is 2.75 bits per heavy atom. The Hall–Kier alpha value is -1.43. The molecule has 2 rings (SSSR count). The van der Waals surface area contributed by atoms with Gasteiger partial charge in [-0.15, -0.1) is 0 Å². The average Bonchev–Trinajstić information content (AvgIpc) is 2.50. The molecule has 1 aliphatic rings. The smallest absolute Gasteiger partial charge is 0.323 e. The standard InChI is InChI=1S/C15H21NO4/c1-18-6-7-19-8-9-20-15(17)14-10-12-4-2-3-5-13(12)11-16-14/h2-5,14,16H,6-11H2,1H3. The van der Waals surface area contributed by atoms with Crippen LogP contribution in [-0.2, 0) is 32.0 Å². The third kappa shape index (κ3) is 4.30. The van der Waals surface area contributed by atoms with Gasteiger partial charge in [-0.1, -0.05) is 24.3 Å². The van der Waals surface area contributed by atoms with Crippen LogP contribution in [0.3, 0.4) is 0 Å². The monoisotopic (exact) mass is 279 g/mol. The number of benzene rings is 1. The number of hydrogen-bond acceptors (Lipinski definition) is 5. The molecule has 0 saturated heterocycles. The van der Waals surface area contributed by atoms with Gasteiger partial charge in [0.25, 0.3) is 0 Å². The second kappa shape index (κ2) is 7.99. The van der Waals surface area contributed by atoms with Gasteiger partial charge in [0.15, 0.2) is 0 Å². The molecule has 0 saturated carbocycles. The minimum atomic E-state index is -0.260. The zero-order valence-electron chi connectivity index (χ0n) is 11.8. The Morgan fingerprint density at radius 1 is 1.20 bits per heavy atom. The highest BCUT2D eigenvalue weighted by Crippen LogP contribution is 2.16. The Kier molecular flexibility index (Phi) is 5.98. The van der Waals surface area contributed by atoms with Gasteiger partial charge in [-0.05, 0) is 17.5 Å². The van der Waals surface area contributed by atoms with Crippen molar-refractivity contribution < 1.29 is 19.0 Å². The highest BCUT2D eigenvalue weighted by molar-refractivity contribution is 5.76. The van der Waals surface area contributed by atoms with Crippen molar-refractivity contribution in [3.8, 4) is 0 Å². The summed E-state index contributed by atoms with van der Waals surface area (Å²) < 4.78 is 15.3. The van der Waals surface area contributed by atoms with Gasteiger partial charge in [0.05, 0.1) is 19.8 Å². The highest BCUT2D eigenvalue weighted by Gasteiger charge is 2.24. The molecule has 0 bridgehead atoms. The number of ether oxygens (including phenoxy) is 3. The first-order valence-electron chi connectivity index (χ1n) is 6.84. The second-order valence-corrected chi connectivity index (χ2v) is 4.68. The van der Waals surface area contributed by atoms with Gasteiger partial charge >= 0.3 is 5.97 Å². The summed E-state index contributed by atoms with van der Waals surface area (Å²) in [4.78, 5) is 11.9. The van der Waals surface area contributed by atoms with Crippen molar-refractivity contribution >= 4 is 5.97 Å². The second-order valence-electron chi connectivity index (χ2n) is 4.68. The fourth-order valence-corrected chi connectivity index (χ4v) is 2.17. The fraction of sp³-hybridized carbons (Fsp3) is 0.533. The van der Waals surface area contributed by atoms with Gasteiger partial charge in [0, 0.05) is 13.7 Å². The van der Waals surface area contributed by atoms with E-state index in [1.54, 1.807) is 7.11 Å². The molecule has 1 atom stereocenters. The van der Waals surface area contributed by atoms with Crippen molar-refractivity contribution in [2.75, 3.05) is 33.5 Å². The molecule has 0 aromatic heterocycles. The largest absolute Gasteiger partial charge is 0.462 e. The number of fused-ring (bicyclic) bond motifs is 1. The van der Waals surface area contributed by atoms with Crippen LogP contribution in [0.25, 0.3) is 0 Å².